The van der Waals surface area contributed by atoms with Gasteiger partial charge in [0.2, 0.25) is 0 Å². The Morgan fingerprint density at radius 1 is 1.26 bits per heavy atom. The van der Waals surface area contributed by atoms with E-state index in [1.807, 2.05) is 72.9 Å². The van der Waals surface area contributed by atoms with Crippen LogP contribution in [0.3, 0.4) is 0 Å². The summed E-state index contributed by atoms with van der Waals surface area (Å²) >= 11 is 0. The second kappa shape index (κ2) is 8.03. The van der Waals surface area contributed by atoms with Gasteiger partial charge in [0, 0.05) is 28.7 Å². The zero-order chi connectivity index (χ0) is 20.4. The normalized spacial score (nSPS) is 12.1. The maximum absolute atomic E-state index is 12.7. The molecule has 0 amide bonds. The first-order chi connectivity index (χ1) is 12.6. The molecule has 1 aromatic heterocycles. The minimum atomic E-state index is -0.521. The van der Waals surface area contributed by atoms with E-state index in [1.54, 1.807) is 0 Å². The SMILES string of the molecule is CCC=Nc1cc(-c2ccc(C(C)(C)C(=O)C(C)C)c(C)c2)nc(N)c1C. The van der Waals surface area contributed by atoms with Gasteiger partial charge in [0.1, 0.15) is 11.6 Å². The average molecular weight is 366 g/mol. The summed E-state index contributed by atoms with van der Waals surface area (Å²) in [4.78, 5) is 21.7. The number of Topliss-reactive ketones (excluding diaryl/α,β-unsaturated/α-hetero) is 1. The number of hydrogen-bond acceptors (Lipinski definition) is 4. The lowest BCUT2D eigenvalue weighted by Crippen LogP contribution is -2.33. The maximum atomic E-state index is 12.7. The van der Waals surface area contributed by atoms with Crippen molar-refractivity contribution in [2.45, 2.75) is 60.3 Å². The van der Waals surface area contributed by atoms with E-state index in [-0.39, 0.29) is 11.7 Å². The third kappa shape index (κ3) is 4.26. The Labute approximate surface area is 162 Å². The zero-order valence-corrected chi connectivity index (χ0v) is 17.6. The number of nitrogen functional groups attached to an aromatic ring is 1. The molecule has 0 atom stereocenters. The standard InChI is InChI=1S/C23H31N3O/c1-8-11-25-19-13-20(26-22(24)16(19)5)17-9-10-18(15(4)12-17)23(6,7)21(27)14(2)3/h9-14H,8H2,1-7H3,(H2,24,26). The van der Waals surface area contributed by atoms with E-state index in [2.05, 4.69) is 16.0 Å². The van der Waals surface area contributed by atoms with Crippen molar-refractivity contribution in [2.24, 2.45) is 10.9 Å². The summed E-state index contributed by atoms with van der Waals surface area (Å²) in [7, 11) is 0. The third-order valence-corrected chi connectivity index (χ3v) is 5.03. The summed E-state index contributed by atoms with van der Waals surface area (Å²) in [6.45, 7) is 13.9. The molecule has 2 aromatic rings. The first kappa shape index (κ1) is 20.8. The summed E-state index contributed by atoms with van der Waals surface area (Å²) in [5.41, 5.74) is 11.2. The van der Waals surface area contributed by atoms with Gasteiger partial charge in [-0.3, -0.25) is 9.79 Å². The highest BCUT2D eigenvalue weighted by Gasteiger charge is 2.32. The number of aryl methyl sites for hydroxylation is 1. The highest BCUT2D eigenvalue weighted by atomic mass is 16.1. The van der Waals surface area contributed by atoms with Gasteiger partial charge in [0.15, 0.2) is 0 Å². The van der Waals surface area contributed by atoms with E-state index in [4.69, 9.17) is 5.73 Å². The Morgan fingerprint density at radius 2 is 1.93 bits per heavy atom. The Kier molecular flexibility index (Phi) is 6.19. The Morgan fingerprint density at radius 3 is 2.48 bits per heavy atom. The van der Waals surface area contributed by atoms with Crippen LogP contribution in [0.5, 0.6) is 0 Å². The van der Waals surface area contributed by atoms with Crippen molar-refractivity contribution >= 4 is 23.5 Å². The lowest BCUT2D eigenvalue weighted by atomic mass is 9.74. The van der Waals surface area contributed by atoms with Crippen LogP contribution in [-0.2, 0) is 10.2 Å². The minimum Gasteiger partial charge on any atom is -0.383 e. The quantitative estimate of drug-likeness (QED) is 0.681. The number of rotatable bonds is 6. The molecule has 0 fully saturated rings. The topological polar surface area (TPSA) is 68.3 Å². The van der Waals surface area contributed by atoms with Crippen molar-refractivity contribution in [1.82, 2.24) is 4.98 Å². The lowest BCUT2D eigenvalue weighted by molar-refractivity contribution is -0.126. The van der Waals surface area contributed by atoms with E-state index in [0.29, 0.717) is 5.82 Å². The van der Waals surface area contributed by atoms with Gasteiger partial charge in [0.05, 0.1) is 11.4 Å². The molecule has 0 saturated carbocycles. The molecule has 0 radical (unpaired) electrons. The number of anilines is 1. The van der Waals surface area contributed by atoms with Gasteiger partial charge in [0.25, 0.3) is 0 Å². The van der Waals surface area contributed by atoms with Crippen LogP contribution in [0.2, 0.25) is 0 Å². The smallest absolute Gasteiger partial charge is 0.145 e. The van der Waals surface area contributed by atoms with Crippen LogP contribution in [0.15, 0.2) is 29.3 Å². The third-order valence-electron chi connectivity index (χ3n) is 5.03. The fourth-order valence-corrected chi connectivity index (χ4v) is 3.47. The second-order valence-corrected chi connectivity index (χ2v) is 7.93. The van der Waals surface area contributed by atoms with Crippen molar-refractivity contribution in [3.05, 3.63) is 41.0 Å². The van der Waals surface area contributed by atoms with Crippen LogP contribution in [0.4, 0.5) is 11.5 Å². The molecule has 0 aliphatic heterocycles. The van der Waals surface area contributed by atoms with Crippen molar-refractivity contribution < 1.29 is 4.79 Å². The Bertz CT molecular complexity index is 879. The first-order valence-corrected chi connectivity index (χ1v) is 9.55. The van der Waals surface area contributed by atoms with Crippen molar-refractivity contribution in [2.75, 3.05) is 5.73 Å². The Balaban J connectivity index is 2.51. The van der Waals surface area contributed by atoms with Crippen LogP contribution in [0.25, 0.3) is 11.3 Å². The number of hydrogen-bond donors (Lipinski definition) is 1. The molecule has 0 spiro atoms. The molecule has 0 aliphatic carbocycles. The molecule has 0 unspecified atom stereocenters. The predicted molar refractivity (Wildman–Crippen MR) is 115 cm³/mol. The molecule has 0 saturated heterocycles. The molecule has 2 rings (SSSR count). The fraction of sp³-hybridized carbons (Fsp3) is 0.435. The lowest BCUT2D eigenvalue weighted by Gasteiger charge is -2.28. The molecule has 0 aliphatic rings. The molecule has 0 bridgehead atoms. The van der Waals surface area contributed by atoms with Crippen molar-refractivity contribution in [1.29, 1.82) is 0 Å². The molecular formula is C23H31N3O. The Hall–Kier alpha value is -2.49. The fourth-order valence-electron chi connectivity index (χ4n) is 3.47. The van der Waals surface area contributed by atoms with Gasteiger partial charge in [-0.2, -0.15) is 0 Å². The number of benzene rings is 1. The molecule has 4 heteroatoms. The number of aromatic nitrogens is 1. The highest BCUT2D eigenvalue weighted by molar-refractivity contribution is 5.91. The van der Waals surface area contributed by atoms with Crippen LogP contribution < -0.4 is 5.73 Å². The molecule has 1 aromatic carbocycles. The summed E-state index contributed by atoms with van der Waals surface area (Å²) in [6, 6.07) is 8.10. The van der Waals surface area contributed by atoms with Crippen LogP contribution in [0.1, 0.15) is 57.7 Å². The van der Waals surface area contributed by atoms with Crippen LogP contribution in [0, 0.1) is 19.8 Å². The van der Waals surface area contributed by atoms with Gasteiger partial charge in [-0.05, 0) is 57.4 Å². The van der Waals surface area contributed by atoms with E-state index in [1.165, 1.54) is 0 Å². The van der Waals surface area contributed by atoms with Gasteiger partial charge in [-0.25, -0.2) is 4.98 Å². The number of nitrogens with two attached hydrogens (primary N) is 1. The van der Waals surface area contributed by atoms with Crippen LogP contribution in [-0.4, -0.2) is 17.0 Å². The van der Waals surface area contributed by atoms with Gasteiger partial charge in [-0.15, -0.1) is 0 Å². The van der Waals surface area contributed by atoms with Gasteiger partial charge >= 0.3 is 0 Å². The molecular weight excluding hydrogens is 334 g/mol. The summed E-state index contributed by atoms with van der Waals surface area (Å²) in [6.07, 6.45) is 2.74. The predicted octanol–water partition coefficient (Wildman–Crippen LogP) is 5.56. The van der Waals surface area contributed by atoms with Gasteiger partial charge < -0.3 is 5.73 Å². The van der Waals surface area contributed by atoms with E-state index in [0.717, 1.165) is 40.1 Å². The highest BCUT2D eigenvalue weighted by Crippen LogP contribution is 2.34. The number of aliphatic imine (C=N–C) groups is 1. The number of carbonyl (C=O) groups excluding carboxylic acids is 1. The summed E-state index contributed by atoms with van der Waals surface area (Å²) < 4.78 is 0. The summed E-state index contributed by atoms with van der Waals surface area (Å²) in [5.74, 6) is 0.733. The van der Waals surface area contributed by atoms with E-state index < -0.39 is 5.41 Å². The number of pyridine rings is 1. The van der Waals surface area contributed by atoms with E-state index >= 15 is 0 Å². The molecule has 144 valence electrons. The first-order valence-electron chi connectivity index (χ1n) is 9.55. The van der Waals surface area contributed by atoms with Crippen LogP contribution >= 0.6 is 0 Å². The molecule has 2 N–H and O–H groups in total. The average Bonchev–Trinajstić information content (AvgIpc) is 2.61. The second-order valence-electron chi connectivity index (χ2n) is 7.93. The molecule has 1 heterocycles. The number of carbonyl (C=O) groups is 1. The largest absolute Gasteiger partial charge is 0.383 e. The maximum Gasteiger partial charge on any atom is 0.145 e. The van der Waals surface area contributed by atoms with Crippen molar-refractivity contribution in [3.63, 3.8) is 0 Å². The van der Waals surface area contributed by atoms with Crippen molar-refractivity contribution in [3.8, 4) is 11.3 Å². The van der Waals surface area contributed by atoms with E-state index in [9.17, 15) is 4.79 Å². The summed E-state index contributed by atoms with van der Waals surface area (Å²) in [5, 5.41) is 0. The molecule has 4 nitrogen and oxygen atoms in total. The molecule has 27 heavy (non-hydrogen) atoms. The number of nitrogens with zero attached hydrogens (tertiary/aromatic N) is 2. The monoisotopic (exact) mass is 365 g/mol. The minimum absolute atomic E-state index is 0.00312. The number of ketones is 1. The zero-order valence-electron chi connectivity index (χ0n) is 17.6. The van der Waals surface area contributed by atoms with Gasteiger partial charge in [-0.1, -0.05) is 32.9 Å².